The van der Waals surface area contributed by atoms with Crippen LogP contribution in [-0.2, 0) is 0 Å². The van der Waals surface area contributed by atoms with Crippen molar-refractivity contribution in [2.45, 2.75) is 6.92 Å². The van der Waals surface area contributed by atoms with Gasteiger partial charge in [-0.2, -0.15) is 5.10 Å². The van der Waals surface area contributed by atoms with Gasteiger partial charge in [0.25, 0.3) is 5.91 Å². The zero-order chi connectivity index (χ0) is 18.9. The molecule has 3 rings (SSSR count). The highest BCUT2D eigenvalue weighted by Gasteiger charge is 2.12. The number of carbonyl (C=O) groups is 1. The van der Waals surface area contributed by atoms with Crippen LogP contribution >= 0.6 is 0 Å². The van der Waals surface area contributed by atoms with Crippen LogP contribution in [0.25, 0.3) is 0 Å². The van der Waals surface area contributed by atoms with Crippen molar-refractivity contribution < 1.29 is 18.7 Å². The summed E-state index contributed by atoms with van der Waals surface area (Å²) in [6, 6.07) is 20.0. The third-order valence-electron chi connectivity index (χ3n) is 3.69. The highest BCUT2D eigenvalue weighted by Crippen LogP contribution is 2.18. The van der Waals surface area contributed by atoms with E-state index in [1.807, 2.05) is 36.4 Å². The Balaban J connectivity index is 1.56. The van der Waals surface area contributed by atoms with Gasteiger partial charge >= 0.3 is 0 Å². The van der Waals surface area contributed by atoms with Crippen LogP contribution in [0.15, 0.2) is 82.5 Å². The Morgan fingerprint density at radius 3 is 2.48 bits per heavy atom. The molecular formula is C21H20N2O4. The van der Waals surface area contributed by atoms with Crippen LogP contribution in [0.4, 0.5) is 0 Å². The fourth-order valence-corrected chi connectivity index (χ4v) is 2.34. The lowest BCUT2D eigenvalue weighted by Crippen LogP contribution is -2.20. The third-order valence-corrected chi connectivity index (χ3v) is 3.69. The van der Waals surface area contributed by atoms with Crippen molar-refractivity contribution in [1.82, 2.24) is 5.43 Å². The summed E-state index contributed by atoms with van der Waals surface area (Å²) in [5, 5.41) is 4.06. The predicted octanol–water partition coefficient (Wildman–Crippen LogP) is 3.89. The number of furan rings is 1. The van der Waals surface area contributed by atoms with E-state index in [0.717, 1.165) is 5.75 Å². The maximum atomic E-state index is 12.4. The number of amides is 1. The molecule has 1 amide bonds. The first-order chi connectivity index (χ1) is 13.2. The number of hydrogen-bond donors (Lipinski definition) is 1. The summed E-state index contributed by atoms with van der Waals surface area (Å²) >= 11 is 0. The summed E-state index contributed by atoms with van der Waals surface area (Å²) in [6.45, 7) is 2.44. The number of rotatable bonds is 8. The van der Waals surface area contributed by atoms with E-state index in [1.54, 1.807) is 43.5 Å². The number of benzene rings is 2. The van der Waals surface area contributed by atoms with Gasteiger partial charge in [0, 0.05) is 0 Å². The number of nitrogens with zero attached hydrogens (tertiary/aromatic N) is 1. The van der Waals surface area contributed by atoms with Crippen LogP contribution in [0.1, 0.15) is 23.0 Å². The highest BCUT2D eigenvalue weighted by molar-refractivity contribution is 6.00. The summed E-state index contributed by atoms with van der Waals surface area (Å²) < 4.78 is 16.5. The Morgan fingerprint density at radius 1 is 0.963 bits per heavy atom. The molecule has 0 saturated heterocycles. The van der Waals surface area contributed by atoms with E-state index in [4.69, 9.17) is 13.9 Å². The van der Waals surface area contributed by atoms with Gasteiger partial charge in [0.15, 0.2) is 0 Å². The highest BCUT2D eigenvalue weighted by atomic mass is 16.5. The van der Waals surface area contributed by atoms with Gasteiger partial charge in [-0.15, -0.1) is 0 Å². The van der Waals surface area contributed by atoms with Crippen molar-refractivity contribution in [2.75, 3.05) is 13.2 Å². The summed E-state index contributed by atoms with van der Waals surface area (Å²) in [6.07, 6.45) is 1.55. The monoisotopic (exact) mass is 364 g/mol. The SMILES string of the molecule is C/C(=N/NC(=O)c1ccccc1OCCOc1ccccc1)c1ccco1. The van der Waals surface area contributed by atoms with Gasteiger partial charge in [-0.25, -0.2) is 5.43 Å². The van der Waals surface area contributed by atoms with Crippen LogP contribution in [-0.4, -0.2) is 24.8 Å². The van der Waals surface area contributed by atoms with Gasteiger partial charge < -0.3 is 13.9 Å². The molecule has 0 unspecified atom stereocenters. The zero-order valence-corrected chi connectivity index (χ0v) is 14.9. The molecule has 0 fully saturated rings. The molecule has 0 radical (unpaired) electrons. The quantitative estimate of drug-likeness (QED) is 0.374. The Kier molecular flexibility index (Phi) is 6.25. The van der Waals surface area contributed by atoms with Crippen molar-refractivity contribution in [3.8, 4) is 11.5 Å². The van der Waals surface area contributed by atoms with E-state index >= 15 is 0 Å². The lowest BCUT2D eigenvalue weighted by atomic mass is 10.2. The van der Waals surface area contributed by atoms with Crippen molar-refractivity contribution in [3.63, 3.8) is 0 Å². The number of hydrazone groups is 1. The average Bonchev–Trinajstić information content (AvgIpc) is 3.25. The molecule has 138 valence electrons. The summed E-state index contributed by atoms with van der Waals surface area (Å²) in [5.41, 5.74) is 3.49. The predicted molar refractivity (Wildman–Crippen MR) is 102 cm³/mol. The second kappa shape index (κ2) is 9.24. The van der Waals surface area contributed by atoms with Crippen LogP contribution in [0.3, 0.4) is 0 Å². The first-order valence-electron chi connectivity index (χ1n) is 8.52. The van der Waals surface area contributed by atoms with E-state index in [2.05, 4.69) is 10.5 Å². The van der Waals surface area contributed by atoms with Gasteiger partial charge in [-0.1, -0.05) is 30.3 Å². The van der Waals surface area contributed by atoms with E-state index in [9.17, 15) is 4.79 Å². The molecule has 0 saturated carbocycles. The molecule has 0 spiro atoms. The van der Waals surface area contributed by atoms with Gasteiger partial charge in [0.05, 0.1) is 11.8 Å². The molecule has 27 heavy (non-hydrogen) atoms. The van der Waals surface area contributed by atoms with Crippen molar-refractivity contribution in [3.05, 3.63) is 84.3 Å². The maximum absolute atomic E-state index is 12.4. The second-order valence-corrected chi connectivity index (χ2v) is 5.62. The van der Waals surface area contributed by atoms with Gasteiger partial charge in [-0.05, 0) is 43.3 Å². The summed E-state index contributed by atoms with van der Waals surface area (Å²) in [7, 11) is 0. The van der Waals surface area contributed by atoms with E-state index in [-0.39, 0.29) is 5.91 Å². The molecule has 1 N–H and O–H groups in total. The summed E-state index contributed by atoms with van der Waals surface area (Å²) in [4.78, 5) is 12.4. The Morgan fingerprint density at radius 2 is 1.70 bits per heavy atom. The minimum atomic E-state index is -0.361. The number of ether oxygens (including phenoxy) is 2. The molecular weight excluding hydrogens is 344 g/mol. The first kappa shape index (κ1) is 18.3. The first-order valence-corrected chi connectivity index (χ1v) is 8.52. The largest absolute Gasteiger partial charge is 0.490 e. The van der Waals surface area contributed by atoms with Crippen LogP contribution in [0.5, 0.6) is 11.5 Å². The van der Waals surface area contributed by atoms with Gasteiger partial charge in [0.2, 0.25) is 0 Å². The third kappa shape index (κ3) is 5.22. The molecule has 6 nitrogen and oxygen atoms in total. The van der Waals surface area contributed by atoms with Crippen LogP contribution in [0.2, 0.25) is 0 Å². The molecule has 2 aromatic carbocycles. The molecule has 3 aromatic rings. The molecule has 0 aliphatic carbocycles. The fourth-order valence-electron chi connectivity index (χ4n) is 2.34. The molecule has 0 aliphatic heterocycles. The second-order valence-electron chi connectivity index (χ2n) is 5.62. The standard InChI is InChI=1S/C21H20N2O4/c1-16(19-12-7-13-26-19)22-23-21(24)18-10-5-6-11-20(18)27-15-14-25-17-8-3-2-4-9-17/h2-13H,14-15H2,1H3,(H,23,24)/b22-16-. The van der Waals surface area contributed by atoms with E-state index < -0.39 is 0 Å². The lowest BCUT2D eigenvalue weighted by molar-refractivity contribution is 0.0949. The average molecular weight is 364 g/mol. The number of carbonyl (C=O) groups excluding carboxylic acids is 1. The van der Waals surface area contributed by atoms with Crippen molar-refractivity contribution >= 4 is 11.6 Å². The van der Waals surface area contributed by atoms with Gasteiger partial charge in [-0.3, -0.25) is 4.79 Å². The summed E-state index contributed by atoms with van der Waals surface area (Å²) in [5.74, 6) is 1.48. The Hall–Kier alpha value is -3.54. The van der Waals surface area contributed by atoms with Crippen LogP contribution in [0, 0.1) is 0 Å². The molecule has 0 atom stereocenters. The number of para-hydroxylation sites is 2. The minimum absolute atomic E-state index is 0.313. The smallest absolute Gasteiger partial charge is 0.275 e. The van der Waals surface area contributed by atoms with Crippen molar-refractivity contribution in [1.29, 1.82) is 0 Å². The lowest BCUT2D eigenvalue weighted by Gasteiger charge is -2.11. The molecule has 1 heterocycles. The molecule has 0 aliphatic rings. The fraction of sp³-hybridized carbons (Fsp3) is 0.143. The topological polar surface area (TPSA) is 73.1 Å². The number of nitrogens with one attached hydrogen (secondary N) is 1. The number of hydrogen-bond acceptors (Lipinski definition) is 5. The Labute approximate surface area is 157 Å². The Bertz CT molecular complexity index is 890. The van der Waals surface area contributed by atoms with Crippen LogP contribution < -0.4 is 14.9 Å². The maximum Gasteiger partial charge on any atom is 0.275 e. The normalized spacial score (nSPS) is 11.1. The molecule has 6 heteroatoms. The van der Waals surface area contributed by atoms with Gasteiger partial charge in [0.1, 0.15) is 36.2 Å². The van der Waals surface area contributed by atoms with E-state index in [1.165, 1.54) is 0 Å². The molecule has 1 aromatic heterocycles. The molecule has 0 bridgehead atoms. The van der Waals surface area contributed by atoms with E-state index in [0.29, 0.717) is 36.0 Å². The zero-order valence-electron chi connectivity index (χ0n) is 14.9. The van der Waals surface area contributed by atoms with Crippen molar-refractivity contribution in [2.24, 2.45) is 5.10 Å². The minimum Gasteiger partial charge on any atom is -0.490 e.